The molecule has 0 N–H and O–H groups in total. The normalized spacial score (nSPS) is 11.3. The van der Waals surface area contributed by atoms with E-state index < -0.39 is 6.30 Å². The Morgan fingerprint density at radius 3 is 2.06 bits per heavy atom. The molecule has 5 heteroatoms. The van der Waals surface area contributed by atoms with Crippen LogP contribution >= 0.6 is 0 Å². The van der Waals surface area contributed by atoms with Gasteiger partial charge in [-0.2, -0.15) is 13.2 Å². The maximum atomic E-state index is 12.5. The number of anilines is 1. The van der Waals surface area contributed by atoms with Gasteiger partial charge in [0, 0.05) is 17.8 Å². The highest BCUT2D eigenvalue weighted by Crippen LogP contribution is 2.28. The van der Waals surface area contributed by atoms with Gasteiger partial charge in [0.25, 0.3) is 0 Å². The third-order valence-corrected chi connectivity index (χ3v) is 2.21. The number of Topliss-reactive ketones (excluding diaryl/α,β-unsaturated/α-hetero) is 1. The summed E-state index contributed by atoms with van der Waals surface area (Å²) in [5, 5.41) is 0. The first-order chi connectivity index (χ1) is 7.36. The highest BCUT2D eigenvalue weighted by Gasteiger charge is 2.36. The van der Waals surface area contributed by atoms with Gasteiger partial charge in [0.15, 0.2) is 5.78 Å². The van der Waals surface area contributed by atoms with Crippen LogP contribution in [0.3, 0.4) is 0 Å². The summed E-state index contributed by atoms with van der Waals surface area (Å²) in [7, 11) is 0. The minimum atomic E-state index is -4.40. The smallest absolute Gasteiger partial charge is 0.295 e. The van der Waals surface area contributed by atoms with Gasteiger partial charge in [-0.1, -0.05) is 0 Å². The molecule has 0 aromatic heterocycles. The molecule has 0 aliphatic rings. The van der Waals surface area contributed by atoms with Crippen LogP contribution in [0.4, 0.5) is 18.9 Å². The monoisotopic (exact) mass is 231 g/mol. The summed E-state index contributed by atoms with van der Waals surface area (Å²) in [6.07, 6.45) is -4.40. The van der Waals surface area contributed by atoms with Crippen LogP contribution in [0.15, 0.2) is 24.3 Å². The van der Waals surface area contributed by atoms with Crippen LogP contribution in [0.2, 0.25) is 0 Å². The van der Waals surface area contributed by atoms with E-state index in [-0.39, 0.29) is 18.0 Å². The van der Waals surface area contributed by atoms with Gasteiger partial charge in [-0.25, -0.2) is 0 Å². The van der Waals surface area contributed by atoms with E-state index >= 15 is 0 Å². The lowest BCUT2D eigenvalue weighted by atomic mass is 10.1. The third-order valence-electron chi connectivity index (χ3n) is 2.21. The molecule has 0 saturated heterocycles. The van der Waals surface area contributed by atoms with E-state index in [2.05, 4.69) is 0 Å². The highest BCUT2D eigenvalue weighted by atomic mass is 19.4. The van der Waals surface area contributed by atoms with Crippen LogP contribution in [0.5, 0.6) is 0 Å². The molecule has 0 atom stereocenters. The fourth-order valence-electron chi connectivity index (χ4n) is 1.38. The van der Waals surface area contributed by atoms with Crippen LogP contribution in [0, 0.1) is 0 Å². The fourth-order valence-corrected chi connectivity index (χ4v) is 1.38. The number of hydrogen-bond acceptors (Lipinski definition) is 2. The second-order valence-electron chi connectivity index (χ2n) is 3.32. The zero-order valence-electron chi connectivity index (χ0n) is 9.01. The van der Waals surface area contributed by atoms with Gasteiger partial charge in [-0.15, -0.1) is 0 Å². The zero-order chi connectivity index (χ0) is 12.3. The zero-order valence-corrected chi connectivity index (χ0v) is 9.01. The van der Waals surface area contributed by atoms with Crippen molar-refractivity contribution in [2.45, 2.75) is 20.1 Å². The number of alkyl halides is 3. The molecule has 0 radical (unpaired) electrons. The van der Waals surface area contributed by atoms with Gasteiger partial charge in [0.05, 0.1) is 0 Å². The van der Waals surface area contributed by atoms with Crippen molar-refractivity contribution in [1.29, 1.82) is 0 Å². The molecule has 0 unspecified atom stereocenters. The predicted molar refractivity (Wildman–Crippen MR) is 55.5 cm³/mol. The number of hydrogen-bond donors (Lipinski definition) is 0. The van der Waals surface area contributed by atoms with Crippen LogP contribution in [0.1, 0.15) is 24.2 Å². The first-order valence-electron chi connectivity index (χ1n) is 4.81. The molecule has 0 heterocycles. The quantitative estimate of drug-likeness (QED) is 0.588. The lowest BCUT2D eigenvalue weighted by molar-refractivity contribution is -0.128. The third kappa shape index (κ3) is 2.74. The summed E-state index contributed by atoms with van der Waals surface area (Å²) in [5.74, 6) is -0.165. The summed E-state index contributed by atoms with van der Waals surface area (Å²) < 4.78 is 37.6. The second-order valence-corrected chi connectivity index (χ2v) is 3.32. The molecule has 1 aromatic rings. The maximum Gasteiger partial charge on any atom is 0.484 e. The summed E-state index contributed by atoms with van der Waals surface area (Å²) in [6.45, 7) is 2.63. The van der Waals surface area contributed by atoms with Crippen LogP contribution in [-0.2, 0) is 0 Å². The van der Waals surface area contributed by atoms with Gasteiger partial charge in [-0.05, 0) is 38.1 Å². The molecule has 0 aliphatic carbocycles. The lowest BCUT2D eigenvalue weighted by Gasteiger charge is -2.25. The molecule has 0 spiro atoms. The van der Waals surface area contributed by atoms with Crippen molar-refractivity contribution < 1.29 is 18.0 Å². The Bertz CT molecular complexity index is 370. The Labute approximate surface area is 91.7 Å². The maximum absolute atomic E-state index is 12.5. The van der Waals surface area contributed by atoms with Crippen molar-refractivity contribution in [1.82, 2.24) is 0 Å². The van der Waals surface area contributed by atoms with Gasteiger partial charge < -0.3 is 0 Å². The second kappa shape index (κ2) is 4.55. The molecule has 88 valence electrons. The molecule has 0 aliphatic heterocycles. The standard InChI is InChI=1S/C11H12F3NO/c1-3-15(11(12,13)14)10-6-4-9(5-7-10)8(2)16/h4-7H,3H2,1-2H3. The first-order valence-corrected chi connectivity index (χ1v) is 4.81. The van der Waals surface area contributed by atoms with Crippen LogP contribution in [-0.4, -0.2) is 18.6 Å². The molecule has 2 nitrogen and oxygen atoms in total. The Morgan fingerprint density at radius 1 is 1.25 bits per heavy atom. The Hall–Kier alpha value is -1.52. The molecule has 0 bridgehead atoms. The van der Waals surface area contributed by atoms with Gasteiger partial charge in [-0.3, -0.25) is 9.69 Å². The largest absolute Gasteiger partial charge is 0.484 e. The summed E-state index contributed by atoms with van der Waals surface area (Å²) in [4.78, 5) is 11.3. The van der Waals surface area contributed by atoms with Crippen molar-refractivity contribution in [3.63, 3.8) is 0 Å². The Balaban J connectivity index is 3.00. The molecule has 1 rings (SSSR count). The topological polar surface area (TPSA) is 20.3 Å². The number of halogens is 3. The van der Waals surface area contributed by atoms with Crippen molar-refractivity contribution >= 4 is 11.5 Å². The van der Waals surface area contributed by atoms with Crippen molar-refractivity contribution in [3.05, 3.63) is 29.8 Å². The van der Waals surface area contributed by atoms with E-state index in [0.29, 0.717) is 10.5 Å². The SMILES string of the molecule is CCN(c1ccc(C(C)=O)cc1)C(F)(F)F. The predicted octanol–water partition coefficient (Wildman–Crippen LogP) is 3.24. The van der Waals surface area contributed by atoms with Gasteiger partial charge >= 0.3 is 6.30 Å². The average molecular weight is 231 g/mol. The molecular weight excluding hydrogens is 219 g/mol. The molecule has 16 heavy (non-hydrogen) atoms. The molecule has 0 fully saturated rings. The first kappa shape index (κ1) is 12.5. The minimum absolute atomic E-state index is 0.0417. The van der Waals surface area contributed by atoms with E-state index in [1.54, 1.807) is 0 Å². The number of carbonyl (C=O) groups is 1. The Kier molecular flexibility index (Phi) is 3.57. The number of benzene rings is 1. The number of rotatable bonds is 3. The van der Waals surface area contributed by atoms with Crippen molar-refractivity contribution in [3.8, 4) is 0 Å². The number of ketones is 1. The van der Waals surface area contributed by atoms with E-state index in [4.69, 9.17) is 0 Å². The number of nitrogens with zero attached hydrogens (tertiary/aromatic N) is 1. The van der Waals surface area contributed by atoms with E-state index in [9.17, 15) is 18.0 Å². The van der Waals surface area contributed by atoms with E-state index in [0.717, 1.165) is 0 Å². The minimum Gasteiger partial charge on any atom is -0.295 e. The van der Waals surface area contributed by atoms with Crippen molar-refractivity contribution in [2.75, 3.05) is 11.4 Å². The molecule has 1 aromatic carbocycles. The fraction of sp³-hybridized carbons (Fsp3) is 0.364. The summed E-state index contributed by atoms with van der Waals surface area (Å²) in [6, 6.07) is 5.39. The summed E-state index contributed by atoms with van der Waals surface area (Å²) >= 11 is 0. The average Bonchev–Trinajstić information content (AvgIpc) is 2.17. The molecule has 0 amide bonds. The molecule has 0 saturated carbocycles. The lowest BCUT2D eigenvalue weighted by Crippen LogP contribution is -2.37. The van der Waals surface area contributed by atoms with Crippen molar-refractivity contribution in [2.24, 2.45) is 0 Å². The summed E-state index contributed by atoms with van der Waals surface area (Å²) in [5.41, 5.74) is 0.446. The van der Waals surface area contributed by atoms with E-state index in [1.165, 1.54) is 38.1 Å². The van der Waals surface area contributed by atoms with Gasteiger partial charge in [0.1, 0.15) is 0 Å². The van der Waals surface area contributed by atoms with E-state index in [1.807, 2.05) is 0 Å². The Morgan fingerprint density at radius 2 is 1.75 bits per heavy atom. The highest BCUT2D eigenvalue weighted by molar-refractivity contribution is 5.94. The van der Waals surface area contributed by atoms with Crippen LogP contribution < -0.4 is 4.90 Å². The van der Waals surface area contributed by atoms with Gasteiger partial charge in [0.2, 0.25) is 0 Å². The van der Waals surface area contributed by atoms with Crippen LogP contribution in [0.25, 0.3) is 0 Å². The molecular formula is C11H12F3NO. The number of carbonyl (C=O) groups excluding carboxylic acids is 1.